The van der Waals surface area contributed by atoms with Crippen molar-refractivity contribution in [1.82, 2.24) is 0 Å². The van der Waals surface area contributed by atoms with Gasteiger partial charge in [-0.1, -0.05) is 151 Å². The van der Waals surface area contributed by atoms with E-state index in [0.717, 1.165) is 5.69 Å². The van der Waals surface area contributed by atoms with Crippen LogP contribution >= 0.6 is 0 Å². The third-order valence-corrected chi connectivity index (χ3v) is 11.4. The summed E-state index contributed by atoms with van der Waals surface area (Å²) in [5.41, 5.74) is 20.2. The van der Waals surface area contributed by atoms with Crippen molar-refractivity contribution in [3.8, 4) is 22.3 Å². The predicted octanol–water partition coefficient (Wildman–Crippen LogP) is 12.0. The molecule has 0 saturated heterocycles. The van der Waals surface area contributed by atoms with Crippen LogP contribution in [0.1, 0.15) is 58.2 Å². The number of benzene rings is 7. The summed E-state index contributed by atoms with van der Waals surface area (Å²) in [6.07, 6.45) is 0. The van der Waals surface area contributed by atoms with E-state index in [1.807, 2.05) is 0 Å². The number of anilines is 6. The molecule has 54 heavy (non-hydrogen) atoms. The van der Waals surface area contributed by atoms with Crippen LogP contribution in [0.25, 0.3) is 22.3 Å². The minimum absolute atomic E-state index is 0.00315. The van der Waals surface area contributed by atoms with Gasteiger partial charge in [0.15, 0.2) is 0 Å². The minimum Gasteiger partial charge on any atom is -0.311 e. The highest BCUT2D eigenvalue weighted by Gasteiger charge is 2.44. The van der Waals surface area contributed by atoms with Gasteiger partial charge in [0.25, 0.3) is 6.71 Å². The maximum atomic E-state index is 2.54. The van der Waals surface area contributed by atoms with Crippen LogP contribution in [-0.4, -0.2) is 6.71 Å². The molecule has 7 aromatic rings. The van der Waals surface area contributed by atoms with Gasteiger partial charge in [0, 0.05) is 34.1 Å². The molecule has 7 aromatic carbocycles. The summed E-state index contributed by atoms with van der Waals surface area (Å²) in [6, 6.07) is 59.1. The second kappa shape index (κ2) is 12.7. The molecule has 0 N–H and O–H groups in total. The lowest BCUT2D eigenvalue weighted by Gasteiger charge is -2.45. The average molecular weight is 699 g/mol. The molecule has 2 aliphatic rings. The molecule has 0 spiro atoms. The first-order valence-electron chi connectivity index (χ1n) is 19.3. The van der Waals surface area contributed by atoms with E-state index in [0.29, 0.717) is 0 Å². The zero-order chi connectivity index (χ0) is 37.4. The number of hydrogen-bond donors (Lipinski definition) is 0. The Morgan fingerprint density at radius 2 is 0.944 bits per heavy atom. The van der Waals surface area contributed by atoms with Gasteiger partial charge in [0.05, 0.1) is 0 Å². The summed E-state index contributed by atoms with van der Waals surface area (Å²) < 4.78 is 0. The first-order valence-corrected chi connectivity index (χ1v) is 19.3. The van der Waals surface area contributed by atoms with Gasteiger partial charge in [0.2, 0.25) is 0 Å². The van der Waals surface area contributed by atoms with Gasteiger partial charge in [-0.25, -0.2) is 0 Å². The first kappa shape index (κ1) is 34.0. The molecular weight excluding hydrogens is 651 g/mol. The fraction of sp³-hybridized carbons (Fsp3) is 0.176. The van der Waals surface area contributed by atoms with Crippen molar-refractivity contribution in [2.45, 2.75) is 59.3 Å². The number of hydrogen-bond acceptors (Lipinski definition) is 2. The molecule has 0 aromatic heterocycles. The fourth-order valence-electron chi connectivity index (χ4n) is 8.53. The zero-order valence-electron chi connectivity index (χ0n) is 32.5. The largest absolute Gasteiger partial charge is 0.311 e. The molecule has 0 radical (unpaired) electrons. The van der Waals surface area contributed by atoms with Crippen LogP contribution < -0.4 is 26.2 Å². The summed E-state index contributed by atoms with van der Waals surface area (Å²) in [4.78, 5) is 5.06. The summed E-state index contributed by atoms with van der Waals surface area (Å²) in [5.74, 6) is 0. The Kier molecular flexibility index (Phi) is 7.97. The van der Waals surface area contributed by atoms with E-state index >= 15 is 0 Å². The standard InChI is InChI=1S/C51H47BN2/c1-34-29-47-49-48(30-34)54(42-20-14-19-37(31-42)35-15-10-8-11-16-35)46-32-38(36-17-12-9-13-18-36)21-27-43(46)52(49)44-33-40(51(5,6)7)24-28-45(44)53(47)41-25-22-39(23-26-41)50(2,3)4/h8-33H,1-7H3. The molecule has 0 fully saturated rings. The SMILES string of the molecule is Cc1cc2c3c(c1)N(c1cccc(-c4ccccc4)c1)c1cc(-c4ccccc4)ccc1B3c1cc(C(C)(C)C)ccc1N2c1ccc(C(C)(C)C)cc1. The van der Waals surface area contributed by atoms with Crippen molar-refractivity contribution in [3.05, 3.63) is 174 Å². The Morgan fingerprint density at radius 1 is 0.389 bits per heavy atom. The van der Waals surface area contributed by atoms with Gasteiger partial charge < -0.3 is 9.80 Å². The van der Waals surface area contributed by atoms with Crippen LogP contribution in [0.3, 0.4) is 0 Å². The van der Waals surface area contributed by atoms with Crippen molar-refractivity contribution in [2.24, 2.45) is 0 Å². The Balaban J connectivity index is 1.35. The molecule has 2 heterocycles. The van der Waals surface area contributed by atoms with Crippen molar-refractivity contribution >= 4 is 57.2 Å². The van der Waals surface area contributed by atoms with E-state index in [-0.39, 0.29) is 17.5 Å². The van der Waals surface area contributed by atoms with Crippen LogP contribution in [0.2, 0.25) is 0 Å². The fourth-order valence-corrected chi connectivity index (χ4v) is 8.53. The monoisotopic (exact) mass is 698 g/mol. The highest BCUT2D eigenvalue weighted by atomic mass is 15.2. The molecule has 2 nitrogen and oxygen atoms in total. The van der Waals surface area contributed by atoms with E-state index in [4.69, 9.17) is 0 Å². The predicted molar refractivity (Wildman–Crippen MR) is 233 cm³/mol. The van der Waals surface area contributed by atoms with Crippen LogP contribution in [-0.2, 0) is 10.8 Å². The third kappa shape index (κ3) is 5.74. The van der Waals surface area contributed by atoms with E-state index in [2.05, 4.69) is 216 Å². The van der Waals surface area contributed by atoms with Crippen LogP contribution in [0.5, 0.6) is 0 Å². The minimum atomic E-state index is 0.00315. The molecule has 0 amide bonds. The van der Waals surface area contributed by atoms with Crippen LogP contribution in [0.15, 0.2) is 158 Å². The molecule has 3 heteroatoms. The highest BCUT2D eigenvalue weighted by molar-refractivity contribution is 7.00. The molecule has 0 atom stereocenters. The van der Waals surface area contributed by atoms with Crippen molar-refractivity contribution in [1.29, 1.82) is 0 Å². The molecule has 264 valence electrons. The lowest BCUT2D eigenvalue weighted by Crippen LogP contribution is -2.61. The maximum absolute atomic E-state index is 2.54. The molecule has 0 saturated carbocycles. The summed E-state index contributed by atoms with van der Waals surface area (Å²) >= 11 is 0. The van der Waals surface area contributed by atoms with Crippen LogP contribution in [0, 0.1) is 6.92 Å². The van der Waals surface area contributed by atoms with Crippen molar-refractivity contribution < 1.29 is 0 Å². The van der Waals surface area contributed by atoms with Crippen molar-refractivity contribution in [2.75, 3.05) is 9.80 Å². The van der Waals surface area contributed by atoms with Crippen LogP contribution in [0.4, 0.5) is 34.1 Å². The van der Waals surface area contributed by atoms with E-state index in [1.165, 1.54) is 83.8 Å². The quantitative estimate of drug-likeness (QED) is 0.169. The van der Waals surface area contributed by atoms with E-state index < -0.39 is 0 Å². The second-order valence-electron chi connectivity index (χ2n) is 17.2. The molecule has 9 rings (SSSR count). The zero-order valence-corrected chi connectivity index (χ0v) is 32.5. The van der Waals surface area contributed by atoms with Gasteiger partial charge in [0.1, 0.15) is 0 Å². The number of fused-ring (bicyclic) bond motifs is 4. The topological polar surface area (TPSA) is 6.48 Å². The van der Waals surface area contributed by atoms with Gasteiger partial charge in [-0.3, -0.25) is 0 Å². The summed E-state index contributed by atoms with van der Waals surface area (Å²) in [6.45, 7) is 16.1. The van der Waals surface area contributed by atoms with E-state index in [1.54, 1.807) is 0 Å². The third-order valence-electron chi connectivity index (χ3n) is 11.4. The summed E-state index contributed by atoms with van der Waals surface area (Å²) in [7, 11) is 0. The summed E-state index contributed by atoms with van der Waals surface area (Å²) in [5, 5.41) is 0. The molecular formula is C51H47BN2. The normalized spacial score (nSPS) is 13.4. The van der Waals surface area contributed by atoms with Gasteiger partial charge >= 0.3 is 0 Å². The second-order valence-corrected chi connectivity index (χ2v) is 17.2. The van der Waals surface area contributed by atoms with E-state index in [9.17, 15) is 0 Å². The Morgan fingerprint density at radius 3 is 1.56 bits per heavy atom. The molecule has 0 aliphatic carbocycles. The van der Waals surface area contributed by atoms with Gasteiger partial charge in [-0.2, -0.15) is 0 Å². The number of nitrogens with zero attached hydrogens (tertiary/aromatic N) is 2. The van der Waals surface area contributed by atoms with Gasteiger partial charge in [-0.15, -0.1) is 0 Å². The van der Waals surface area contributed by atoms with Crippen molar-refractivity contribution in [3.63, 3.8) is 0 Å². The smallest absolute Gasteiger partial charge is 0.252 e. The first-order chi connectivity index (χ1) is 26.0. The lowest BCUT2D eigenvalue weighted by molar-refractivity contribution is 0.590. The highest BCUT2D eigenvalue weighted by Crippen LogP contribution is 2.46. The number of rotatable bonds is 4. The van der Waals surface area contributed by atoms with Gasteiger partial charge in [-0.05, 0) is 122 Å². The maximum Gasteiger partial charge on any atom is 0.252 e. The molecule has 2 aliphatic heterocycles. The lowest BCUT2D eigenvalue weighted by atomic mass is 9.33. The Bertz CT molecular complexity index is 2520. The molecule has 0 unspecified atom stereocenters. The molecule has 0 bridgehead atoms. The Hall–Kier alpha value is -5.80. The number of aryl methyl sites for hydroxylation is 1. The average Bonchev–Trinajstić information content (AvgIpc) is 3.17. The Labute approximate surface area is 321 Å².